The highest BCUT2D eigenvalue weighted by molar-refractivity contribution is 5.42. The van der Waals surface area contributed by atoms with Crippen LogP contribution in [0.5, 0.6) is 17.2 Å². The Balaban J connectivity index is 1.37. The van der Waals surface area contributed by atoms with Gasteiger partial charge in [0, 0.05) is 39.3 Å². The predicted octanol–water partition coefficient (Wildman–Crippen LogP) is 3.08. The number of hydrogen-bond acceptors (Lipinski definition) is 5. The molecule has 2 aromatic rings. The second kappa shape index (κ2) is 10.3. The van der Waals surface area contributed by atoms with E-state index in [2.05, 4.69) is 21.9 Å². The lowest BCUT2D eigenvalue weighted by atomic mass is 10.1. The van der Waals surface area contributed by atoms with Crippen LogP contribution in [0, 0.1) is 5.82 Å². The van der Waals surface area contributed by atoms with Gasteiger partial charge in [-0.25, -0.2) is 4.39 Å². The van der Waals surface area contributed by atoms with Crippen molar-refractivity contribution in [1.82, 2.24) is 9.80 Å². The molecule has 0 saturated carbocycles. The monoisotopic (exact) mass is 388 g/mol. The minimum Gasteiger partial charge on any atom is -0.493 e. The van der Waals surface area contributed by atoms with Crippen molar-refractivity contribution in [2.45, 2.75) is 6.42 Å². The third-order valence-corrected chi connectivity index (χ3v) is 5.13. The molecule has 0 amide bonds. The Kier molecular flexibility index (Phi) is 7.51. The molecular weight excluding hydrogens is 359 g/mol. The predicted molar refractivity (Wildman–Crippen MR) is 108 cm³/mol. The highest BCUT2D eigenvalue weighted by Gasteiger charge is 2.17. The molecule has 0 N–H and O–H groups in total. The number of ether oxygens (including phenoxy) is 3. The van der Waals surface area contributed by atoms with Gasteiger partial charge in [0.05, 0.1) is 14.2 Å². The van der Waals surface area contributed by atoms with Crippen LogP contribution < -0.4 is 14.2 Å². The Morgan fingerprint density at radius 2 is 1.50 bits per heavy atom. The number of hydrogen-bond donors (Lipinski definition) is 0. The molecule has 1 fully saturated rings. The summed E-state index contributed by atoms with van der Waals surface area (Å²) in [5.74, 6) is 1.57. The summed E-state index contributed by atoms with van der Waals surface area (Å²) in [4.78, 5) is 4.85. The standard InChI is InChI=1S/C22H29FN2O3/c1-26-21-8-7-18(17-22(21)27-2)9-10-24-11-13-25(14-12-24)15-16-28-20-6-4-3-5-19(20)23/h3-8,17H,9-16H2,1-2H3. The van der Waals surface area contributed by atoms with Crippen LogP contribution in [-0.2, 0) is 6.42 Å². The molecule has 0 unspecified atom stereocenters. The zero-order valence-electron chi connectivity index (χ0n) is 16.7. The molecule has 28 heavy (non-hydrogen) atoms. The topological polar surface area (TPSA) is 34.2 Å². The van der Waals surface area contributed by atoms with Crippen molar-refractivity contribution in [3.05, 3.63) is 53.8 Å². The molecule has 1 aliphatic heterocycles. The van der Waals surface area contributed by atoms with Gasteiger partial charge in [-0.05, 0) is 36.2 Å². The maximum absolute atomic E-state index is 13.6. The maximum Gasteiger partial charge on any atom is 0.165 e. The smallest absolute Gasteiger partial charge is 0.165 e. The molecule has 0 atom stereocenters. The van der Waals surface area contributed by atoms with E-state index in [1.54, 1.807) is 32.4 Å². The van der Waals surface area contributed by atoms with Gasteiger partial charge in [0.15, 0.2) is 23.1 Å². The van der Waals surface area contributed by atoms with Crippen LogP contribution in [0.2, 0.25) is 0 Å². The Bertz CT molecular complexity index is 748. The lowest BCUT2D eigenvalue weighted by Gasteiger charge is -2.34. The van der Waals surface area contributed by atoms with Crippen molar-refractivity contribution in [3.63, 3.8) is 0 Å². The van der Waals surface area contributed by atoms with Crippen molar-refractivity contribution >= 4 is 0 Å². The molecule has 0 radical (unpaired) electrons. The SMILES string of the molecule is COc1ccc(CCN2CCN(CCOc3ccccc3F)CC2)cc1OC. The number of halogens is 1. The summed E-state index contributed by atoms with van der Waals surface area (Å²) < 4.78 is 29.8. The largest absolute Gasteiger partial charge is 0.493 e. The van der Waals surface area contributed by atoms with Crippen LogP contribution in [0.3, 0.4) is 0 Å². The highest BCUT2D eigenvalue weighted by Crippen LogP contribution is 2.27. The first kappa shape index (κ1) is 20.4. The van der Waals surface area contributed by atoms with Crippen molar-refractivity contribution in [1.29, 1.82) is 0 Å². The summed E-state index contributed by atoms with van der Waals surface area (Å²) in [6.45, 7) is 6.43. The minimum atomic E-state index is -0.303. The quantitative estimate of drug-likeness (QED) is 0.660. The van der Waals surface area contributed by atoms with E-state index in [-0.39, 0.29) is 5.82 Å². The Hall–Kier alpha value is -2.31. The van der Waals surface area contributed by atoms with E-state index in [0.29, 0.717) is 12.4 Å². The molecule has 6 heteroatoms. The molecule has 1 saturated heterocycles. The van der Waals surface area contributed by atoms with Gasteiger partial charge >= 0.3 is 0 Å². The van der Waals surface area contributed by atoms with Crippen molar-refractivity contribution in [2.75, 3.05) is 60.1 Å². The van der Waals surface area contributed by atoms with Crippen LogP contribution in [-0.4, -0.2) is 69.9 Å². The lowest BCUT2D eigenvalue weighted by Crippen LogP contribution is -2.47. The Morgan fingerprint density at radius 1 is 0.821 bits per heavy atom. The first-order valence-electron chi connectivity index (χ1n) is 9.72. The van der Waals surface area contributed by atoms with Gasteiger partial charge in [-0.2, -0.15) is 0 Å². The number of benzene rings is 2. The zero-order chi connectivity index (χ0) is 19.8. The fourth-order valence-electron chi connectivity index (χ4n) is 3.41. The van der Waals surface area contributed by atoms with Gasteiger partial charge in [-0.1, -0.05) is 18.2 Å². The lowest BCUT2D eigenvalue weighted by molar-refractivity contribution is 0.117. The molecule has 1 heterocycles. The van der Waals surface area contributed by atoms with E-state index in [0.717, 1.165) is 57.2 Å². The van der Waals surface area contributed by atoms with Gasteiger partial charge < -0.3 is 19.1 Å². The van der Waals surface area contributed by atoms with E-state index in [1.807, 2.05) is 6.07 Å². The molecule has 0 bridgehead atoms. The van der Waals surface area contributed by atoms with Crippen molar-refractivity contribution in [2.24, 2.45) is 0 Å². The molecule has 152 valence electrons. The maximum atomic E-state index is 13.6. The summed E-state index contributed by atoms with van der Waals surface area (Å²) >= 11 is 0. The van der Waals surface area contributed by atoms with Crippen molar-refractivity contribution < 1.29 is 18.6 Å². The average molecular weight is 388 g/mol. The summed E-state index contributed by atoms with van der Waals surface area (Å²) in [5.41, 5.74) is 1.25. The van der Waals surface area contributed by atoms with Crippen LogP contribution in [0.1, 0.15) is 5.56 Å². The Morgan fingerprint density at radius 3 is 2.18 bits per heavy atom. The molecule has 0 aliphatic carbocycles. The molecule has 1 aliphatic rings. The van der Waals surface area contributed by atoms with E-state index >= 15 is 0 Å². The van der Waals surface area contributed by atoms with Gasteiger partial charge in [-0.3, -0.25) is 4.90 Å². The number of rotatable bonds is 9. The average Bonchev–Trinajstić information content (AvgIpc) is 2.74. The second-order valence-corrected chi connectivity index (χ2v) is 6.90. The van der Waals surface area contributed by atoms with E-state index < -0.39 is 0 Å². The number of nitrogens with zero attached hydrogens (tertiary/aromatic N) is 2. The van der Waals surface area contributed by atoms with Crippen LogP contribution in [0.4, 0.5) is 4.39 Å². The van der Waals surface area contributed by atoms with E-state index in [4.69, 9.17) is 14.2 Å². The third-order valence-electron chi connectivity index (χ3n) is 5.13. The van der Waals surface area contributed by atoms with Crippen molar-refractivity contribution in [3.8, 4) is 17.2 Å². The molecule has 2 aromatic carbocycles. The fraction of sp³-hybridized carbons (Fsp3) is 0.455. The first-order chi connectivity index (χ1) is 13.7. The van der Waals surface area contributed by atoms with Gasteiger partial charge in [0.2, 0.25) is 0 Å². The van der Waals surface area contributed by atoms with Gasteiger partial charge in [0.25, 0.3) is 0 Å². The summed E-state index contributed by atoms with van der Waals surface area (Å²) in [6.07, 6.45) is 0.983. The number of piperazine rings is 1. The van der Waals surface area contributed by atoms with Crippen LogP contribution in [0.25, 0.3) is 0 Å². The molecule has 0 aromatic heterocycles. The molecule has 3 rings (SSSR count). The number of methoxy groups -OCH3 is 2. The fourth-order valence-corrected chi connectivity index (χ4v) is 3.41. The Labute approximate surface area is 166 Å². The van der Waals surface area contributed by atoms with Gasteiger partial charge in [0.1, 0.15) is 6.61 Å². The van der Waals surface area contributed by atoms with Crippen LogP contribution in [0.15, 0.2) is 42.5 Å². The normalized spacial score (nSPS) is 15.4. The highest BCUT2D eigenvalue weighted by atomic mass is 19.1. The van der Waals surface area contributed by atoms with Crippen LogP contribution >= 0.6 is 0 Å². The van der Waals surface area contributed by atoms with E-state index in [9.17, 15) is 4.39 Å². The number of para-hydroxylation sites is 1. The molecule has 0 spiro atoms. The van der Waals surface area contributed by atoms with Gasteiger partial charge in [-0.15, -0.1) is 0 Å². The summed E-state index contributed by atoms with van der Waals surface area (Å²) in [5, 5.41) is 0. The molecule has 5 nitrogen and oxygen atoms in total. The summed E-state index contributed by atoms with van der Waals surface area (Å²) in [7, 11) is 3.31. The zero-order valence-corrected chi connectivity index (χ0v) is 16.7. The summed E-state index contributed by atoms with van der Waals surface area (Å²) in [6, 6.07) is 12.7. The van der Waals surface area contributed by atoms with E-state index in [1.165, 1.54) is 11.6 Å². The molecular formula is C22H29FN2O3. The minimum absolute atomic E-state index is 0.303. The second-order valence-electron chi connectivity index (χ2n) is 6.90. The third kappa shape index (κ3) is 5.59. The first-order valence-corrected chi connectivity index (χ1v) is 9.72.